The summed E-state index contributed by atoms with van der Waals surface area (Å²) in [7, 11) is 1.64. The van der Waals surface area contributed by atoms with Crippen LogP contribution in [0.5, 0.6) is 5.75 Å². The molecular formula is C20H26N4O3. The highest BCUT2D eigenvalue weighted by atomic mass is 16.5. The number of carbonyl (C=O) groups excluding carboxylic acids is 2. The number of aromatic amines is 1. The second kappa shape index (κ2) is 7.21. The van der Waals surface area contributed by atoms with Gasteiger partial charge < -0.3 is 19.5 Å². The summed E-state index contributed by atoms with van der Waals surface area (Å²) in [5.41, 5.74) is 1.82. The first-order chi connectivity index (χ1) is 13.1. The molecule has 4 rings (SSSR count). The molecule has 1 atom stereocenters. The Balaban J connectivity index is 1.38. The van der Waals surface area contributed by atoms with Gasteiger partial charge >= 0.3 is 0 Å². The molecule has 7 heteroatoms. The van der Waals surface area contributed by atoms with Crippen LogP contribution in [0.3, 0.4) is 0 Å². The van der Waals surface area contributed by atoms with Crippen LogP contribution in [0.4, 0.5) is 0 Å². The first-order valence-corrected chi connectivity index (χ1v) is 9.70. The minimum Gasteiger partial charge on any atom is -0.497 e. The lowest BCUT2D eigenvalue weighted by molar-refractivity contribution is -0.135. The second-order valence-corrected chi connectivity index (χ2v) is 7.41. The molecule has 27 heavy (non-hydrogen) atoms. The number of methoxy groups -OCH3 is 1. The molecule has 1 unspecified atom stereocenters. The molecule has 1 aliphatic heterocycles. The molecule has 2 heterocycles. The number of rotatable bonds is 7. The highest BCUT2D eigenvalue weighted by molar-refractivity contribution is 5.89. The molecule has 0 spiro atoms. The number of fused-ring (bicyclic) bond motifs is 1. The first-order valence-electron chi connectivity index (χ1n) is 9.70. The number of amides is 2. The van der Waals surface area contributed by atoms with Crippen LogP contribution in [0.25, 0.3) is 11.0 Å². The number of likely N-dealkylation sites (N-methyl/N-ethyl adjacent to an activating group) is 1. The molecule has 2 amide bonds. The monoisotopic (exact) mass is 370 g/mol. The number of carbonyl (C=O) groups is 2. The van der Waals surface area contributed by atoms with E-state index in [1.807, 2.05) is 34.9 Å². The average molecular weight is 370 g/mol. The molecule has 7 nitrogen and oxygen atoms in total. The van der Waals surface area contributed by atoms with Crippen LogP contribution in [0, 0.1) is 5.92 Å². The zero-order valence-electron chi connectivity index (χ0n) is 15.9. The van der Waals surface area contributed by atoms with Crippen molar-refractivity contribution in [2.45, 2.75) is 38.6 Å². The minimum absolute atomic E-state index is 0.0896. The van der Waals surface area contributed by atoms with Crippen molar-refractivity contribution in [2.75, 3.05) is 26.7 Å². The molecule has 1 saturated carbocycles. The van der Waals surface area contributed by atoms with Crippen molar-refractivity contribution in [3.05, 3.63) is 24.0 Å². The minimum atomic E-state index is -0.196. The largest absolute Gasteiger partial charge is 0.497 e. The van der Waals surface area contributed by atoms with Gasteiger partial charge in [0.15, 0.2) is 0 Å². The molecule has 144 valence electrons. The van der Waals surface area contributed by atoms with Crippen LogP contribution in [-0.2, 0) is 16.0 Å². The first kappa shape index (κ1) is 17.8. The lowest BCUT2D eigenvalue weighted by Gasteiger charge is -2.24. The van der Waals surface area contributed by atoms with Gasteiger partial charge in [-0.05, 0) is 31.9 Å². The summed E-state index contributed by atoms with van der Waals surface area (Å²) < 4.78 is 5.24. The predicted molar refractivity (Wildman–Crippen MR) is 101 cm³/mol. The molecule has 1 aliphatic carbocycles. The van der Waals surface area contributed by atoms with Gasteiger partial charge in [-0.3, -0.25) is 9.59 Å². The van der Waals surface area contributed by atoms with Crippen molar-refractivity contribution in [3.8, 4) is 5.75 Å². The number of ether oxygens (including phenoxy) is 1. The van der Waals surface area contributed by atoms with E-state index in [1.54, 1.807) is 7.11 Å². The Labute approximate surface area is 158 Å². The maximum Gasteiger partial charge on any atom is 0.227 e. The lowest BCUT2D eigenvalue weighted by Crippen LogP contribution is -2.39. The molecule has 0 radical (unpaired) electrons. The van der Waals surface area contributed by atoms with Crippen LogP contribution < -0.4 is 4.74 Å². The number of nitrogens with zero attached hydrogens (tertiary/aromatic N) is 3. The summed E-state index contributed by atoms with van der Waals surface area (Å²) in [6, 6.07) is 6.12. The highest BCUT2D eigenvalue weighted by Gasteiger charge is 2.42. The summed E-state index contributed by atoms with van der Waals surface area (Å²) >= 11 is 0. The SMILES string of the molecule is CCN(CCc1nc2ccc(OC)cc2[nH]1)C(=O)C1CC(=O)N(C2CC2)C1. The number of aromatic nitrogens is 2. The highest BCUT2D eigenvalue weighted by Crippen LogP contribution is 2.33. The van der Waals surface area contributed by atoms with Gasteiger partial charge in [-0.25, -0.2) is 4.98 Å². The maximum atomic E-state index is 12.9. The standard InChI is InChI=1S/C20H26N4O3/c1-3-23(20(26)13-10-19(25)24(12-13)14-4-5-14)9-8-18-21-16-7-6-15(27-2)11-17(16)22-18/h6-7,11,13-14H,3-5,8-10,12H2,1-2H3,(H,21,22). The molecule has 2 fully saturated rings. The zero-order valence-corrected chi connectivity index (χ0v) is 15.9. The normalized spacial score (nSPS) is 19.7. The van der Waals surface area contributed by atoms with E-state index in [2.05, 4.69) is 9.97 Å². The van der Waals surface area contributed by atoms with Crippen LogP contribution in [0.1, 0.15) is 32.0 Å². The average Bonchev–Trinajstić information content (AvgIpc) is 3.32. The van der Waals surface area contributed by atoms with Gasteiger partial charge in [0.1, 0.15) is 11.6 Å². The van der Waals surface area contributed by atoms with Crippen LogP contribution in [0.15, 0.2) is 18.2 Å². The molecular weight excluding hydrogens is 344 g/mol. The number of benzene rings is 1. The van der Waals surface area contributed by atoms with Gasteiger partial charge in [0.05, 0.1) is 24.1 Å². The van der Waals surface area contributed by atoms with E-state index in [0.717, 1.165) is 35.4 Å². The van der Waals surface area contributed by atoms with Gasteiger partial charge in [-0.1, -0.05) is 0 Å². The third-order valence-electron chi connectivity index (χ3n) is 5.55. The number of imidazole rings is 1. The van der Waals surface area contributed by atoms with E-state index < -0.39 is 0 Å². The van der Waals surface area contributed by atoms with Crippen molar-refractivity contribution in [1.29, 1.82) is 0 Å². The van der Waals surface area contributed by atoms with E-state index in [1.165, 1.54) is 0 Å². The van der Waals surface area contributed by atoms with Gasteiger partial charge in [0, 0.05) is 44.6 Å². The third kappa shape index (κ3) is 3.63. The van der Waals surface area contributed by atoms with E-state index in [0.29, 0.717) is 38.5 Å². The van der Waals surface area contributed by atoms with Crippen molar-refractivity contribution in [2.24, 2.45) is 5.92 Å². The van der Waals surface area contributed by atoms with Crippen molar-refractivity contribution >= 4 is 22.8 Å². The van der Waals surface area contributed by atoms with Gasteiger partial charge in [-0.15, -0.1) is 0 Å². The summed E-state index contributed by atoms with van der Waals surface area (Å²) in [6.45, 7) is 3.81. The Morgan fingerprint density at radius 1 is 1.41 bits per heavy atom. The topological polar surface area (TPSA) is 78.5 Å². The van der Waals surface area contributed by atoms with Crippen LogP contribution >= 0.6 is 0 Å². The van der Waals surface area contributed by atoms with Gasteiger partial charge in [0.25, 0.3) is 0 Å². The Hall–Kier alpha value is -2.57. The molecule has 1 aromatic carbocycles. The third-order valence-corrected chi connectivity index (χ3v) is 5.55. The summed E-state index contributed by atoms with van der Waals surface area (Å²) in [5, 5.41) is 0. The zero-order chi connectivity index (χ0) is 19.0. The molecule has 0 bridgehead atoms. The van der Waals surface area contributed by atoms with E-state index in [-0.39, 0.29) is 17.7 Å². The Kier molecular flexibility index (Phi) is 4.76. The molecule has 2 aromatic rings. The summed E-state index contributed by atoms with van der Waals surface area (Å²) in [6.07, 6.45) is 3.18. The van der Waals surface area contributed by atoms with Crippen LogP contribution in [0.2, 0.25) is 0 Å². The Morgan fingerprint density at radius 2 is 2.22 bits per heavy atom. The van der Waals surface area contributed by atoms with Crippen LogP contribution in [-0.4, -0.2) is 64.4 Å². The second-order valence-electron chi connectivity index (χ2n) is 7.41. The van der Waals surface area contributed by atoms with Crippen molar-refractivity contribution in [1.82, 2.24) is 19.8 Å². The molecule has 1 aromatic heterocycles. The maximum absolute atomic E-state index is 12.9. The molecule has 2 aliphatic rings. The van der Waals surface area contributed by atoms with E-state index in [4.69, 9.17) is 4.74 Å². The van der Waals surface area contributed by atoms with Gasteiger partial charge in [-0.2, -0.15) is 0 Å². The summed E-state index contributed by atoms with van der Waals surface area (Å²) in [5.74, 6) is 1.67. The Bertz CT molecular complexity index is 858. The number of likely N-dealkylation sites (tertiary alicyclic amines) is 1. The van der Waals surface area contributed by atoms with E-state index in [9.17, 15) is 9.59 Å². The fraction of sp³-hybridized carbons (Fsp3) is 0.550. The number of hydrogen-bond donors (Lipinski definition) is 1. The smallest absolute Gasteiger partial charge is 0.227 e. The lowest BCUT2D eigenvalue weighted by atomic mass is 10.1. The van der Waals surface area contributed by atoms with E-state index >= 15 is 0 Å². The predicted octanol–water partition coefficient (Wildman–Crippen LogP) is 1.97. The Morgan fingerprint density at radius 3 is 2.93 bits per heavy atom. The number of hydrogen-bond acceptors (Lipinski definition) is 4. The fourth-order valence-electron chi connectivity index (χ4n) is 3.85. The fourth-order valence-corrected chi connectivity index (χ4v) is 3.85. The van der Waals surface area contributed by atoms with Gasteiger partial charge in [0.2, 0.25) is 11.8 Å². The van der Waals surface area contributed by atoms with Crippen molar-refractivity contribution in [3.63, 3.8) is 0 Å². The number of H-pyrrole nitrogens is 1. The van der Waals surface area contributed by atoms with Crippen molar-refractivity contribution < 1.29 is 14.3 Å². The molecule has 1 saturated heterocycles. The number of nitrogens with one attached hydrogen (secondary N) is 1. The molecule has 1 N–H and O–H groups in total. The quantitative estimate of drug-likeness (QED) is 0.808. The summed E-state index contributed by atoms with van der Waals surface area (Å²) in [4.78, 5) is 36.7.